The third-order valence-electron chi connectivity index (χ3n) is 2.88. The lowest BCUT2D eigenvalue weighted by molar-refractivity contribution is 0.100. The lowest BCUT2D eigenvalue weighted by atomic mass is 10.0. The summed E-state index contributed by atoms with van der Waals surface area (Å²) in [5.74, 6) is 0.744. The summed E-state index contributed by atoms with van der Waals surface area (Å²) in [5.41, 5.74) is 7.06. The maximum Gasteiger partial charge on any atom is 0.141 e. The highest BCUT2D eigenvalue weighted by Crippen LogP contribution is 2.29. The van der Waals surface area contributed by atoms with Gasteiger partial charge in [0.05, 0.1) is 11.6 Å². The zero-order valence-corrected chi connectivity index (χ0v) is 12.6. The van der Waals surface area contributed by atoms with Gasteiger partial charge < -0.3 is 15.2 Å². The van der Waals surface area contributed by atoms with Crippen LogP contribution in [0.15, 0.2) is 18.2 Å². The van der Waals surface area contributed by atoms with Crippen LogP contribution >= 0.6 is 11.6 Å². The Morgan fingerprint density at radius 2 is 2.00 bits per heavy atom. The van der Waals surface area contributed by atoms with Crippen LogP contribution in [0.2, 0.25) is 5.02 Å². The van der Waals surface area contributed by atoms with Crippen molar-refractivity contribution in [1.82, 2.24) is 0 Å². The summed E-state index contributed by atoms with van der Waals surface area (Å²) < 4.78 is 11.1. The van der Waals surface area contributed by atoms with Crippen LogP contribution in [0.1, 0.15) is 32.3 Å². The molecule has 2 N–H and O–H groups in total. The van der Waals surface area contributed by atoms with Gasteiger partial charge in [-0.05, 0) is 30.9 Å². The van der Waals surface area contributed by atoms with E-state index in [2.05, 4.69) is 13.8 Å². The topological polar surface area (TPSA) is 44.5 Å². The fourth-order valence-corrected chi connectivity index (χ4v) is 2.00. The Balaban J connectivity index is 2.59. The number of para-hydroxylation sites is 1. The molecule has 0 spiro atoms. The van der Waals surface area contributed by atoms with Crippen LogP contribution in [0.4, 0.5) is 0 Å². The Morgan fingerprint density at radius 1 is 1.21 bits per heavy atom. The van der Waals surface area contributed by atoms with Crippen molar-refractivity contribution in [3.8, 4) is 5.75 Å². The molecule has 0 aliphatic rings. The summed E-state index contributed by atoms with van der Waals surface area (Å²) in [6, 6.07) is 5.92. The molecule has 0 amide bonds. The van der Waals surface area contributed by atoms with Crippen LogP contribution in [0.5, 0.6) is 5.75 Å². The van der Waals surface area contributed by atoms with E-state index in [0.717, 1.165) is 37.2 Å². The van der Waals surface area contributed by atoms with Gasteiger partial charge >= 0.3 is 0 Å². The van der Waals surface area contributed by atoms with Crippen molar-refractivity contribution < 1.29 is 9.47 Å². The first-order valence-electron chi connectivity index (χ1n) is 6.92. The summed E-state index contributed by atoms with van der Waals surface area (Å²) >= 11 is 6.19. The third kappa shape index (κ3) is 5.81. The molecule has 0 saturated heterocycles. The van der Waals surface area contributed by atoms with Gasteiger partial charge in [-0.1, -0.05) is 37.6 Å². The molecule has 19 heavy (non-hydrogen) atoms. The van der Waals surface area contributed by atoms with E-state index in [0.29, 0.717) is 18.2 Å². The van der Waals surface area contributed by atoms with Crippen LogP contribution < -0.4 is 10.5 Å². The number of ether oxygens (including phenoxy) is 2. The molecule has 0 saturated carbocycles. The molecule has 1 atom stereocenters. The monoisotopic (exact) mass is 285 g/mol. The van der Waals surface area contributed by atoms with Gasteiger partial charge in [0.15, 0.2) is 0 Å². The molecule has 1 unspecified atom stereocenters. The molecule has 3 nitrogen and oxygen atoms in total. The second-order valence-corrected chi connectivity index (χ2v) is 4.97. The van der Waals surface area contributed by atoms with Crippen LogP contribution in [0.3, 0.4) is 0 Å². The predicted octanol–water partition coefficient (Wildman–Crippen LogP) is 3.43. The molecule has 4 heteroatoms. The van der Waals surface area contributed by atoms with Gasteiger partial charge in [0.2, 0.25) is 0 Å². The van der Waals surface area contributed by atoms with Crippen LogP contribution in [-0.2, 0) is 11.2 Å². The normalized spacial score (nSPS) is 12.4. The summed E-state index contributed by atoms with van der Waals surface area (Å²) in [7, 11) is 0. The van der Waals surface area contributed by atoms with Gasteiger partial charge in [0.25, 0.3) is 0 Å². The van der Waals surface area contributed by atoms with Crippen molar-refractivity contribution in [3.63, 3.8) is 0 Å². The van der Waals surface area contributed by atoms with Gasteiger partial charge in [-0.25, -0.2) is 0 Å². The zero-order chi connectivity index (χ0) is 14.1. The fraction of sp³-hybridized carbons (Fsp3) is 0.600. The SMILES string of the molecule is CCCOCCOc1c(Cl)cccc1CC(N)CC. The van der Waals surface area contributed by atoms with E-state index in [-0.39, 0.29) is 6.04 Å². The van der Waals surface area contributed by atoms with E-state index in [1.165, 1.54) is 0 Å². The summed E-state index contributed by atoms with van der Waals surface area (Å²) in [6.45, 7) is 6.02. The van der Waals surface area contributed by atoms with Crippen LogP contribution in [0, 0.1) is 0 Å². The lowest BCUT2D eigenvalue weighted by Crippen LogP contribution is -2.22. The van der Waals surface area contributed by atoms with Crippen LogP contribution in [-0.4, -0.2) is 25.9 Å². The largest absolute Gasteiger partial charge is 0.489 e. The first-order chi connectivity index (χ1) is 9.19. The first-order valence-corrected chi connectivity index (χ1v) is 7.30. The molecule has 1 aromatic rings. The standard InChI is InChI=1S/C15H24ClNO2/c1-3-8-18-9-10-19-15-12(11-13(17)4-2)6-5-7-14(15)16/h5-7,13H,3-4,8-11,17H2,1-2H3. The number of rotatable bonds is 9. The molecule has 0 heterocycles. The van der Waals surface area contributed by atoms with Gasteiger partial charge in [0, 0.05) is 12.6 Å². The van der Waals surface area contributed by atoms with Crippen molar-refractivity contribution in [1.29, 1.82) is 0 Å². The highest BCUT2D eigenvalue weighted by Gasteiger charge is 2.11. The van der Waals surface area contributed by atoms with Crippen molar-refractivity contribution in [2.24, 2.45) is 5.73 Å². The number of nitrogens with two attached hydrogens (primary N) is 1. The molecular formula is C15H24ClNO2. The second kappa shape index (κ2) is 9.18. The predicted molar refractivity (Wildman–Crippen MR) is 80.0 cm³/mol. The van der Waals surface area contributed by atoms with Gasteiger partial charge in [-0.2, -0.15) is 0 Å². The molecule has 0 aliphatic heterocycles. The van der Waals surface area contributed by atoms with Crippen molar-refractivity contribution >= 4 is 11.6 Å². The van der Waals surface area contributed by atoms with Gasteiger partial charge in [0.1, 0.15) is 12.4 Å². The summed E-state index contributed by atoms with van der Waals surface area (Å²) in [6.07, 6.45) is 2.73. The molecule has 0 bridgehead atoms. The smallest absolute Gasteiger partial charge is 0.141 e. The Hall–Kier alpha value is -0.770. The van der Waals surface area contributed by atoms with Gasteiger partial charge in [-0.3, -0.25) is 0 Å². The van der Waals surface area contributed by atoms with E-state index in [1.807, 2.05) is 18.2 Å². The Morgan fingerprint density at radius 3 is 2.68 bits per heavy atom. The number of halogens is 1. The average Bonchev–Trinajstić information content (AvgIpc) is 2.41. The quantitative estimate of drug-likeness (QED) is 0.707. The van der Waals surface area contributed by atoms with Gasteiger partial charge in [-0.15, -0.1) is 0 Å². The van der Waals surface area contributed by atoms with E-state index >= 15 is 0 Å². The molecule has 0 aliphatic carbocycles. The van der Waals surface area contributed by atoms with Crippen molar-refractivity contribution in [2.45, 2.75) is 39.2 Å². The Kier molecular flexibility index (Phi) is 7.87. The molecule has 0 radical (unpaired) electrons. The minimum atomic E-state index is 0.136. The third-order valence-corrected chi connectivity index (χ3v) is 3.18. The van der Waals surface area contributed by atoms with Crippen LogP contribution in [0.25, 0.3) is 0 Å². The molecule has 108 valence electrons. The maximum atomic E-state index is 6.19. The minimum absolute atomic E-state index is 0.136. The second-order valence-electron chi connectivity index (χ2n) is 4.56. The lowest BCUT2D eigenvalue weighted by Gasteiger charge is -2.15. The van der Waals surface area contributed by atoms with Crippen molar-refractivity contribution in [2.75, 3.05) is 19.8 Å². The Labute approximate surface area is 121 Å². The van der Waals surface area contributed by atoms with E-state index in [9.17, 15) is 0 Å². The number of benzene rings is 1. The molecule has 1 aromatic carbocycles. The number of hydrogen-bond donors (Lipinski definition) is 1. The van der Waals surface area contributed by atoms with E-state index in [1.54, 1.807) is 0 Å². The molecule has 0 fully saturated rings. The summed E-state index contributed by atoms with van der Waals surface area (Å²) in [4.78, 5) is 0. The maximum absolute atomic E-state index is 6.19. The minimum Gasteiger partial charge on any atom is -0.489 e. The van der Waals surface area contributed by atoms with E-state index < -0.39 is 0 Å². The average molecular weight is 286 g/mol. The molecule has 0 aromatic heterocycles. The highest BCUT2D eigenvalue weighted by atomic mass is 35.5. The fourth-order valence-electron chi connectivity index (χ4n) is 1.75. The molecular weight excluding hydrogens is 262 g/mol. The summed E-state index contributed by atoms with van der Waals surface area (Å²) in [5, 5.41) is 0.635. The van der Waals surface area contributed by atoms with E-state index in [4.69, 9.17) is 26.8 Å². The molecule has 1 rings (SSSR count). The Bertz CT molecular complexity index is 371. The van der Waals surface area contributed by atoms with Crippen molar-refractivity contribution in [3.05, 3.63) is 28.8 Å². The first kappa shape index (κ1) is 16.3. The highest BCUT2D eigenvalue weighted by molar-refractivity contribution is 6.32. The zero-order valence-electron chi connectivity index (χ0n) is 11.8. The number of hydrogen-bond acceptors (Lipinski definition) is 3.